The Morgan fingerprint density at radius 2 is 1.94 bits per heavy atom. The zero-order valence-electron chi connectivity index (χ0n) is 8.47. The first-order valence-corrected chi connectivity index (χ1v) is 5.45. The minimum atomic E-state index is -0.608. The maximum Gasteiger partial charge on any atom is 0.135 e. The Kier molecular flexibility index (Phi) is 3.01. The molecule has 0 saturated carbocycles. The van der Waals surface area contributed by atoms with Crippen molar-refractivity contribution in [3.63, 3.8) is 0 Å². The van der Waals surface area contributed by atoms with E-state index >= 15 is 0 Å². The molecule has 0 spiro atoms. The van der Waals surface area contributed by atoms with Crippen LogP contribution in [0.25, 0.3) is 11.3 Å². The first-order valence-electron chi connectivity index (χ1n) is 4.65. The topological polar surface area (TPSA) is 12.9 Å². The van der Waals surface area contributed by atoms with Crippen LogP contribution in [-0.4, -0.2) is 4.98 Å². The van der Waals surface area contributed by atoms with Gasteiger partial charge in [-0.3, -0.25) is 4.98 Å². The molecule has 0 N–H and O–H groups in total. The molecule has 4 heteroatoms. The van der Waals surface area contributed by atoms with E-state index in [0.29, 0.717) is 11.3 Å². The Balaban J connectivity index is 2.54. The predicted octanol–water partition coefficient (Wildman–Crippen LogP) is 4.10. The molecule has 0 radical (unpaired) electrons. The Bertz CT molecular complexity index is 541. The molecule has 0 bridgehead atoms. The SMILES string of the molecule is Cc1cnc(-c2ccc(F)cc2F)cc1Br. The van der Waals surface area contributed by atoms with Crippen molar-refractivity contribution in [3.8, 4) is 11.3 Å². The van der Waals surface area contributed by atoms with Gasteiger partial charge in [0.2, 0.25) is 0 Å². The Hall–Kier alpha value is -1.29. The average Bonchev–Trinajstić information content (AvgIpc) is 2.22. The van der Waals surface area contributed by atoms with Gasteiger partial charge in [-0.15, -0.1) is 0 Å². The molecule has 16 heavy (non-hydrogen) atoms. The van der Waals surface area contributed by atoms with E-state index in [1.165, 1.54) is 12.1 Å². The van der Waals surface area contributed by atoms with Gasteiger partial charge in [-0.25, -0.2) is 8.78 Å². The molecular formula is C12H8BrF2N. The second-order valence-corrected chi connectivity index (χ2v) is 4.30. The summed E-state index contributed by atoms with van der Waals surface area (Å²) in [6, 6.07) is 5.17. The lowest BCUT2D eigenvalue weighted by Crippen LogP contribution is -1.90. The maximum absolute atomic E-state index is 13.5. The van der Waals surface area contributed by atoms with Crippen LogP contribution in [0.15, 0.2) is 34.9 Å². The number of nitrogens with zero attached hydrogens (tertiary/aromatic N) is 1. The smallest absolute Gasteiger partial charge is 0.135 e. The number of halogens is 3. The van der Waals surface area contributed by atoms with E-state index in [1.54, 1.807) is 12.3 Å². The first kappa shape index (κ1) is 11.2. The third kappa shape index (κ3) is 2.11. The van der Waals surface area contributed by atoms with Crippen LogP contribution in [-0.2, 0) is 0 Å². The second kappa shape index (κ2) is 4.29. The maximum atomic E-state index is 13.5. The Morgan fingerprint density at radius 1 is 1.19 bits per heavy atom. The molecule has 1 nitrogen and oxygen atoms in total. The van der Waals surface area contributed by atoms with E-state index in [-0.39, 0.29) is 0 Å². The third-order valence-electron chi connectivity index (χ3n) is 2.24. The van der Waals surface area contributed by atoms with E-state index in [0.717, 1.165) is 16.1 Å². The minimum absolute atomic E-state index is 0.294. The number of hydrogen-bond acceptors (Lipinski definition) is 1. The van der Waals surface area contributed by atoms with Gasteiger partial charge in [0.05, 0.1) is 5.69 Å². The van der Waals surface area contributed by atoms with Crippen LogP contribution in [0.2, 0.25) is 0 Å². The quantitative estimate of drug-likeness (QED) is 0.768. The van der Waals surface area contributed by atoms with Gasteiger partial charge in [0, 0.05) is 22.3 Å². The van der Waals surface area contributed by atoms with Crippen molar-refractivity contribution in [1.82, 2.24) is 4.98 Å². The van der Waals surface area contributed by atoms with Crippen LogP contribution < -0.4 is 0 Å². The van der Waals surface area contributed by atoms with Crippen LogP contribution in [0.5, 0.6) is 0 Å². The molecule has 82 valence electrons. The van der Waals surface area contributed by atoms with Crippen molar-refractivity contribution in [2.24, 2.45) is 0 Å². The van der Waals surface area contributed by atoms with Gasteiger partial charge in [0.15, 0.2) is 0 Å². The standard InChI is InChI=1S/C12H8BrF2N/c1-7-6-16-12(5-10(7)13)9-3-2-8(14)4-11(9)15/h2-6H,1H3. The third-order valence-corrected chi connectivity index (χ3v) is 3.10. The largest absolute Gasteiger partial charge is 0.256 e. The van der Waals surface area contributed by atoms with Gasteiger partial charge in [-0.2, -0.15) is 0 Å². The van der Waals surface area contributed by atoms with Gasteiger partial charge in [0.1, 0.15) is 11.6 Å². The lowest BCUT2D eigenvalue weighted by Gasteiger charge is -2.04. The first-order chi connectivity index (χ1) is 7.58. The molecule has 0 fully saturated rings. The summed E-state index contributed by atoms with van der Waals surface area (Å²) in [5.41, 5.74) is 1.74. The number of rotatable bonds is 1. The van der Waals surface area contributed by atoms with Gasteiger partial charge in [0.25, 0.3) is 0 Å². The van der Waals surface area contributed by atoms with Gasteiger partial charge in [-0.05, 0) is 30.7 Å². The molecule has 1 heterocycles. The summed E-state index contributed by atoms with van der Waals surface area (Å²) in [5, 5.41) is 0. The number of pyridine rings is 1. The number of hydrogen-bond donors (Lipinski definition) is 0. The summed E-state index contributed by atoms with van der Waals surface area (Å²) in [6.45, 7) is 1.89. The molecule has 2 rings (SSSR count). The van der Waals surface area contributed by atoms with Crippen molar-refractivity contribution < 1.29 is 8.78 Å². The molecule has 2 aromatic rings. The molecule has 0 atom stereocenters. The molecular weight excluding hydrogens is 276 g/mol. The lowest BCUT2D eigenvalue weighted by molar-refractivity contribution is 0.585. The van der Waals surface area contributed by atoms with Crippen molar-refractivity contribution in [1.29, 1.82) is 0 Å². The van der Waals surface area contributed by atoms with Crippen LogP contribution in [0, 0.1) is 18.6 Å². The van der Waals surface area contributed by atoms with E-state index in [4.69, 9.17) is 0 Å². The van der Waals surface area contributed by atoms with E-state index in [9.17, 15) is 8.78 Å². The number of aryl methyl sites for hydroxylation is 1. The molecule has 0 aliphatic rings. The summed E-state index contributed by atoms with van der Waals surface area (Å²) >= 11 is 3.35. The molecule has 0 saturated heterocycles. The fourth-order valence-corrected chi connectivity index (χ4v) is 1.66. The molecule has 1 aromatic heterocycles. The summed E-state index contributed by atoms with van der Waals surface area (Å²) in [5.74, 6) is -1.20. The normalized spacial score (nSPS) is 10.5. The zero-order chi connectivity index (χ0) is 11.7. The minimum Gasteiger partial charge on any atom is -0.256 e. The van der Waals surface area contributed by atoms with Crippen LogP contribution in [0.4, 0.5) is 8.78 Å². The van der Waals surface area contributed by atoms with Gasteiger partial charge in [-0.1, -0.05) is 15.9 Å². The van der Waals surface area contributed by atoms with E-state index in [2.05, 4.69) is 20.9 Å². The Labute approximate surface area is 100 Å². The number of benzene rings is 1. The molecule has 0 aliphatic carbocycles. The van der Waals surface area contributed by atoms with Crippen molar-refractivity contribution in [3.05, 3.63) is 52.1 Å². The zero-order valence-corrected chi connectivity index (χ0v) is 10.1. The fraction of sp³-hybridized carbons (Fsp3) is 0.0833. The van der Waals surface area contributed by atoms with Crippen LogP contribution in [0.3, 0.4) is 0 Å². The van der Waals surface area contributed by atoms with Crippen molar-refractivity contribution in [2.75, 3.05) is 0 Å². The molecule has 0 aliphatic heterocycles. The summed E-state index contributed by atoms with van der Waals surface area (Å²) in [6.07, 6.45) is 1.64. The highest BCUT2D eigenvalue weighted by atomic mass is 79.9. The summed E-state index contributed by atoms with van der Waals surface area (Å²) in [4.78, 5) is 4.11. The second-order valence-electron chi connectivity index (χ2n) is 3.44. The summed E-state index contributed by atoms with van der Waals surface area (Å²) < 4.78 is 27.1. The van der Waals surface area contributed by atoms with Gasteiger partial charge >= 0.3 is 0 Å². The van der Waals surface area contributed by atoms with Crippen LogP contribution >= 0.6 is 15.9 Å². The van der Waals surface area contributed by atoms with Crippen molar-refractivity contribution in [2.45, 2.75) is 6.92 Å². The fourth-order valence-electron chi connectivity index (χ4n) is 1.34. The highest BCUT2D eigenvalue weighted by Gasteiger charge is 2.08. The monoisotopic (exact) mass is 283 g/mol. The van der Waals surface area contributed by atoms with Gasteiger partial charge < -0.3 is 0 Å². The summed E-state index contributed by atoms with van der Waals surface area (Å²) in [7, 11) is 0. The molecule has 0 amide bonds. The average molecular weight is 284 g/mol. The number of aromatic nitrogens is 1. The predicted molar refractivity (Wildman–Crippen MR) is 62.0 cm³/mol. The highest BCUT2D eigenvalue weighted by Crippen LogP contribution is 2.25. The molecule has 0 unspecified atom stereocenters. The Morgan fingerprint density at radius 3 is 2.56 bits per heavy atom. The van der Waals surface area contributed by atoms with E-state index in [1.807, 2.05) is 6.92 Å². The molecule has 1 aromatic carbocycles. The van der Waals surface area contributed by atoms with Crippen molar-refractivity contribution >= 4 is 15.9 Å². The highest BCUT2D eigenvalue weighted by molar-refractivity contribution is 9.10. The van der Waals surface area contributed by atoms with E-state index < -0.39 is 11.6 Å². The lowest BCUT2D eigenvalue weighted by atomic mass is 10.1. The van der Waals surface area contributed by atoms with Crippen LogP contribution in [0.1, 0.15) is 5.56 Å².